The molecule has 0 radical (unpaired) electrons. The first-order chi connectivity index (χ1) is 11.7. The molecule has 2 heterocycles. The molecule has 0 fully saturated rings. The van der Waals surface area contributed by atoms with Crippen LogP contribution in [0.15, 0.2) is 29.0 Å². The number of aryl methyl sites for hydroxylation is 1. The number of anilines is 1. The molecular weight excluding hydrogens is 336 g/mol. The molecule has 10 heteroatoms. The Morgan fingerprint density at radius 3 is 2.92 bits per heavy atom. The summed E-state index contributed by atoms with van der Waals surface area (Å²) in [5.74, 6) is 0.262. The minimum atomic E-state index is -0.447. The van der Waals surface area contributed by atoms with E-state index in [0.717, 1.165) is 0 Å². The molecule has 0 spiro atoms. The Morgan fingerprint density at radius 2 is 2.25 bits per heavy atom. The van der Waals surface area contributed by atoms with Crippen molar-refractivity contribution in [1.82, 2.24) is 25.4 Å². The van der Waals surface area contributed by atoms with E-state index in [-0.39, 0.29) is 16.5 Å². The third kappa shape index (κ3) is 2.81. The maximum atomic E-state index is 12.5. The van der Waals surface area contributed by atoms with Gasteiger partial charge in [-0.2, -0.15) is 0 Å². The van der Waals surface area contributed by atoms with E-state index in [1.165, 1.54) is 18.1 Å². The fourth-order valence-electron chi connectivity index (χ4n) is 2.16. The minimum absolute atomic E-state index is 0.191. The molecule has 9 nitrogen and oxygen atoms in total. The van der Waals surface area contributed by atoms with Crippen molar-refractivity contribution in [2.24, 2.45) is 0 Å². The van der Waals surface area contributed by atoms with Gasteiger partial charge in [0.15, 0.2) is 0 Å². The molecule has 0 unspecified atom stereocenters. The number of halogens is 1. The van der Waals surface area contributed by atoms with Crippen molar-refractivity contribution in [1.29, 1.82) is 0 Å². The lowest BCUT2D eigenvalue weighted by molar-refractivity contribution is 0.102. The van der Waals surface area contributed by atoms with E-state index < -0.39 is 5.91 Å². The third-order valence-corrected chi connectivity index (χ3v) is 3.71. The molecule has 24 heavy (non-hydrogen) atoms. The van der Waals surface area contributed by atoms with Gasteiger partial charge >= 0.3 is 0 Å². The molecule has 1 N–H and O–H groups in total. The van der Waals surface area contributed by atoms with Crippen LogP contribution in [-0.4, -0.2) is 38.4 Å². The Hall–Kier alpha value is -2.94. The zero-order valence-electron chi connectivity index (χ0n) is 12.9. The van der Waals surface area contributed by atoms with Gasteiger partial charge in [-0.25, -0.2) is 4.68 Å². The summed E-state index contributed by atoms with van der Waals surface area (Å²) in [4.78, 5) is 12.5. The molecule has 3 aromatic rings. The van der Waals surface area contributed by atoms with Crippen LogP contribution in [0.2, 0.25) is 5.02 Å². The first kappa shape index (κ1) is 15.9. The van der Waals surface area contributed by atoms with Gasteiger partial charge in [0.1, 0.15) is 17.7 Å². The molecule has 0 saturated carbocycles. The van der Waals surface area contributed by atoms with Crippen LogP contribution in [0.3, 0.4) is 0 Å². The van der Waals surface area contributed by atoms with Crippen LogP contribution in [0.25, 0.3) is 11.3 Å². The van der Waals surface area contributed by atoms with Gasteiger partial charge < -0.3 is 9.26 Å². The Labute approximate surface area is 141 Å². The normalized spacial score (nSPS) is 10.6. The van der Waals surface area contributed by atoms with E-state index in [9.17, 15) is 4.79 Å². The van der Waals surface area contributed by atoms with Crippen LogP contribution in [0.5, 0.6) is 5.75 Å². The molecule has 2 aromatic heterocycles. The number of nitrogens with zero attached hydrogens (tertiary/aromatic N) is 5. The summed E-state index contributed by atoms with van der Waals surface area (Å²) in [6, 6.07) is 4.82. The lowest BCUT2D eigenvalue weighted by atomic mass is 10.1. The van der Waals surface area contributed by atoms with Crippen molar-refractivity contribution in [3.63, 3.8) is 0 Å². The van der Waals surface area contributed by atoms with Gasteiger partial charge in [0, 0.05) is 12.6 Å². The molecule has 3 rings (SSSR count). The predicted octanol–water partition coefficient (Wildman–Crippen LogP) is 2.26. The van der Waals surface area contributed by atoms with Gasteiger partial charge in [0.25, 0.3) is 5.91 Å². The predicted molar refractivity (Wildman–Crippen MR) is 84.9 cm³/mol. The minimum Gasteiger partial charge on any atom is -0.496 e. The van der Waals surface area contributed by atoms with Gasteiger partial charge in [-0.15, -0.1) is 0 Å². The summed E-state index contributed by atoms with van der Waals surface area (Å²) in [6.45, 7) is 2.37. The van der Waals surface area contributed by atoms with Gasteiger partial charge in [-0.1, -0.05) is 21.9 Å². The fourth-order valence-corrected chi connectivity index (χ4v) is 2.50. The van der Waals surface area contributed by atoms with Crippen LogP contribution < -0.4 is 10.1 Å². The Kier molecular flexibility index (Phi) is 4.43. The first-order valence-corrected chi connectivity index (χ1v) is 7.38. The summed E-state index contributed by atoms with van der Waals surface area (Å²) in [5.41, 5.74) is 1.17. The number of nitrogens with one attached hydrogen (secondary N) is 1. The average Bonchev–Trinajstić information content (AvgIpc) is 3.25. The molecule has 0 aliphatic rings. The molecule has 1 aromatic carbocycles. The zero-order valence-corrected chi connectivity index (χ0v) is 13.6. The van der Waals surface area contributed by atoms with E-state index in [1.807, 2.05) is 6.92 Å². The monoisotopic (exact) mass is 348 g/mol. The number of ether oxygens (including phenoxy) is 1. The number of methoxy groups -OCH3 is 1. The van der Waals surface area contributed by atoms with Crippen LogP contribution >= 0.6 is 11.6 Å². The highest BCUT2D eigenvalue weighted by Crippen LogP contribution is 2.38. The van der Waals surface area contributed by atoms with E-state index in [4.69, 9.17) is 20.9 Å². The molecule has 0 atom stereocenters. The summed E-state index contributed by atoms with van der Waals surface area (Å²) >= 11 is 6.41. The van der Waals surface area contributed by atoms with E-state index >= 15 is 0 Å². The summed E-state index contributed by atoms with van der Waals surface area (Å²) in [6.07, 6.45) is 1.41. The topological polar surface area (TPSA) is 108 Å². The van der Waals surface area contributed by atoms with Crippen molar-refractivity contribution in [2.75, 3.05) is 12.4 Å². The Morgan fingerprint density at radius 1 is 1.42 bits per heavy atom. The van der Waals surface area contributed by atoms with E-state index in [0.29, 0.717) is 23.6 Å². The molecular formula is C14H13ClN6O3. The molecule has 0 aliphatic carbocycles. The van der Waals surface area contributed by atoms with Crippen molar-refractivity contribution in [3.05, 3.63) is 35.0 Å². The second kappa shape index (κ2) is 6.67. The zero-order chi connectivity index (χ0) is 17.1. The molecule has 1 amide bonds. The molecule has 0 bridgehead atoms. The lowest BCUT2D eigenvalue weighted by Crippen LogP contribution is -2.17. The van der Waals surface area contributed by atoms with Gasteiger partial charge in [0.2, 0.25) is 5.95 Å². The van der Waals surface area contributed by atoms with Crippen molar-refractivity contribution >= 4 is 23.5 Å². The number of benzene rings is 1. The number of aromatic nitrogens is 5. The van der Waals surface area contributed by atoms with Gasteiger partial charge in [-0.3, -0.25) is 10.1 Å². The smallest absolute Gasteiger partial charge is 0.259 e. The number of hydrogen-bond donors (Lipinski definition) is 1. The van der Waals surface area contributed by atoms with Crippen LogP contribution in [0, 0.1) is 0 Å². The summed E-state index contributed by atoms with van der Waals surface area (Å²) < 4.78 is 11.6. The summed E-state index contributed by atoms with van der Waals surface area (Å²) in [7, 11) is 1.50. The van der Waals surface area contributed by atoms with Crippen molar-refractivity contribution in [3.8, 4) is 17.0 Å². The number of amides is 1. The SMILES string of the molecule is CCn1nnnc1NC(=O)c1ccc(OC)c(-c2ccon2)c1Cl. The standard InChI is InChI=1S/C14H13ClN6O3/c1-3-21-14(17-19-20-21)16-13(22)8-4-5-10(23-2)11(12(8)15)9-6-7-24-18-9/h4-7H,3H2,1-2H3,(H,16,17,20,22). The first-order valence-electron chi connectivity index (χ1n) is 7.00. The fraction of sp³-hybridized carbons (Fsp3) is 0.214. The Balaban J connectivity index is 1.99. The van der Waals surface area contributed by atoms with Crippen LogP contribution in [-0.2, 0) is 6.54 Å². The van der Waals surface area contributed by atoms with E-state index in [1.54, 1.807) is 18.2 Å². The van der Waals surface area contributed by atoms with Gasteiger partial charge in [0.05, 0.1) is 23.3 Å². The number of hydrogen-bond acceptors (Lipinski definition) is 7. The quantitative estimate of drug-likeness (QED) is 0.753. The average molecular weight is 349 g/mol. The van der Waals surface area contributed by atoms with Crippen LogP contribution in [0.4, 0.5) is 5.95 Å². The van der Waals surface area contributed by atoms with Gasteiger partial charge in [-0.05, 0) is 29.5 Å². The van der Waals surface area contributed by atoms with E-state index in [2.05, 4.69) is 26.0 Å². The second-order valence-electron chi connectivity index (χ2n) is 4.66. The maximum Gasteiger partial charge on any atom is 0.259 e. The number of tetrazole rings is 1. The molecule has 124 valence electrons. The number of rotatable bonds is 5. The second-order valence-corrected chi connectivity index (χ2v) is 5.04. The van der Waals surface area contributed by atoms with Crippen molar-refractivity contribution < 1.29 is 14.1 Å². The lowest BCUT2D eigenvalue weighted by Gasteiger charge is -2.12. The van der Waals surface area contributed by atoms with Crippen molar-refractivity contribution in [2.45, 2.75) is 13.5 Å². The number of carbonyl (C=O) groups is 1. The molecule has 0 saturated heterocycles. The Bertz CT molecular complexity index is 862. The molecule has 0 aliphatic heterocycles. The number of carbonyl (C=O) groups excluding carboxylic acids is 1. The van der Waals surface area contributed by atoms with Crippen LogP contribution in [0.1, 0.15) is 17.3 Å². The highest BCUT2D eigenvalue weighted by Gasteiger charge is 2.21. The summed E-state index contributed by atoms with van der Waals surface area (Å²) in [5, 5.41) is 17.7. The highest BCUT2D eigenvalue weighted by molar-refractivity contribution is 6.37. The third-order valence-electron chi connectivity index (χ3n) is 3.32. The highest BCUT2D eigenvalue weighted by atomic mass is 35.5. The maximum absolute atomic E-state index is 12.5. The largest absolute Gasteiger partial charge is 0.496 e.